The Balaban J connectivity index is 3.28. The van der Waals surface area contributed by atoms with Gasteiger partial charge in [-0.1, -0.05) is 23.7 Å². The first-order valence-electron chi connectivity index (χ1n) is 4.50. The van der Waals surface area contributed by atoms with E-state index in [4.69, 9.17) is 17.3 Å². The van der Waals surface area contributed by atoms with Gasteiger partial charge in [0.25, 0.3) is 0 Å². The number of halogens is 4. The predicted octanol–water partition coefficient (Wildman–Crippen LogP) is 2.44. The van der Waals surface area contributed by atoms with Crippen LogP contribution >= 0.6 is 11.6 Å². The second-order valence-corrected chi connectivity index (χ2v) is 4.00. The SMILES string of the molecule is CC(N)C(O)(c1ccc(Cl)cc1)C(F)(F)F. The average molecular weight is 254 g/mol. The minimum atomic E-state index is -4.84. The molecule has 2 nitrogen and oxygen atoms in total. The molecule has 6 heteroatoms. The zero-order chi connectivity index (χ0) is 12.6. The number of rotatable bonds is 2. The lowest BCUT2D eigenvalue weighted by molar-refractivity contribution is -0.272. The molecule has 16 heavy (non-hydrogen) atoms. The third kappa shape index (κ3) is 2.16. The van der Waals surface area contributed by atoms with Crippen LogP contribution in [0.2, 0.25) is 5.02 Å². The molecule has 1 rings (SSSR count). The van der Waals surface area contributed by atoms with Gasteiger partial charge in [-0.2, -0.15) is 13.2 Å². The summed E-state index contributed by atoms with van der Waals surface area (Å²) in [6.45, 7) is 1.10. The van der Waals surface area contributed by atoms with Gasteiger partial charge in [-0.15, -0.1) is 0 Å². The summed E-state index contributed by atoms with van der Waals surface area (Å²) in [7, 11) is 0. The van der Waals surface area contributed by atoms with E-state index in [1.165, 1.54) is 12.1 Å². The molecule has 2 atom stereocenters. The Morgan fingerprint density at radius 3 is 2.00 bits per heavy atom. The van der Waals surface area contributed by atoms with Crippen molar-refractivity contribution in [3.8, 4) is 0 Å². The Bertz CT molecular complexity index is 363. The first-order valence-corrected chi connectivity index (χ1v) is 4.88. The molecule has 0 bridgehead atoms. The summed E-state index contributed by atoms with van der Waals surface area (Å²) in [6.07, 6.45) is -4.84. The number of nitrogens with two attached hydrogens (primary N) is 1. The van der Waals surface area contributed by atoms with E-state index in [0.29, 0.717) is 0 Å². The molecule has 0 amide bonds. The van der Waals surface area contributed by atoms with E-state index < -0.39 is 17.8 Å². The molecule has 1 aromatic carbocycles. The van der Waals surface area contributed by atoms with Crippen molar-refractivity contribution in [1.29, 1.82) is 0 Å². The molecule has 0 aliphatic carbocycles. The largest absolute Gasteiger partial charge is 0.422 e. The standard InChI is InChI=1S/C10H11ClF3NO/c1-6(15)9(16,10(12,13)14)7-2-4-8(11)5-3-7/h2-6,16H,15H2,1H3. The fourth-order valence-electron chi connectivity index (χ4n) is 1.39. The Morgan fingerprint density at radius 2 is 1.69 bits per heavy atom. The zero-order valence-electron chi connectivity index (χ0n) is 8.42. The van der Waals surface area contributed by atoms with Gasteiger partial charge in [-0.25, -0.2) is 0 Å². The van der Waals surface area contributed by atoms with Gasteiger partial charge < -0.3 is 10.8 Å². The van der Waals surface area contributed by atoms with Crippen LogP contribution in [0, 0.1) is 0 Å². The smallest absolute Gasteiger partial charge is 0.375 e. The van der Waals surface area contributed by atoms with Crippen LogP contribution in [0.1, 0.15) is 12.5 Å². The van der Waals surface area contributed by atoms with E-state index in [0.717, 1.165) is 19.1 Å². The second-order valence-electron chi connectivity index (χ2n) is 3.56. The van der Waals surface area contributed by atoms with Crippen LogP contribution in [0.4, 0.5) is 13.2 Å². The van der Waals surface area contributed by atoms with E-state index in [9.17, 15) is 18.3 Å². The molecule has 0 radical (unpaired) electrons. The van der Waals surface area contributed by atoms with E-state index in [1.54, 1.807) is 0 Å². The number of hydrogen-bond acceptors (Lipinski definition) is 2. The Hall–Kier alpha value is -0.780. The highest BCUT2D eigenvalue weighted by molar-refractivity contribution is 6.30. The fourth-order valence-corrected chi connectivity index (χ4v) is 1.51. The molecular weight excluding hydrogens is 243 g/mol. The average Bonchev–Trinajstić information content (AvgIpc) is 2.15. The minimum absolute atomic E-state index is 0.290. The van der Waals surface area contributed by atoms with Gasteiger partial charge in [-0.3, -0.25) is 0 Å². The van der Waals surface area contributed by atoms with Crippen molar-refractivity contribution in [3.05, 3.63) is 34.9 Å². The Kier molecular flexibility index (Phi) is 3.52. The highest BCUT2D eigenvalue weighted by Gasteiger charge is 2.57. The predicted molar refractivity (Wildman–Crippen MR) is 55.1 cm³/mol. The monoisotopic (exact) mass is 253 g/mol. The molecule has 0 aliphatic rings. The maximum absolute atomic E-state index is 12.8. The molecule has 0 heterocycles. The van der Waals surface area contributed by atoms with E-state index >= 15 is 0 Å². The molecule has 0 aliphatic heterocycles. The Labute approximate surface area is 95.8 Å². The summed E-state index contributed by atoms with van der Waals surface area (Å²) < 4.78 is 38.3. The van der Waals surface area contributed by atoms with Crippen LogP contribution in [0.15, 0.2) is 24.3 Å². The molecule has 3 N–H and O–H groups in total. The maximum atomic E-state index is 12.8. The second kappa shape index (κ2) is 4.24. The normalized spacial score (nSPS) is 17.9. The van der Waals surface area contributed by atoms with Crippen molar-refractivity contribution in [2.45, 2.75) is 24.7 Å². The summed E-state index contributed by atoms with van der Waals surface area (Å²) >= 11 is 5.56. The molecule has 0 saturated carbocycles. The van der Waals surface area contributed by atoms with Crippen molar-refractivity contribution in [2.24, 2.45) is 5.73 Å². The van der Waals surface area contributed by atoms with Crippen molar-refractivity contribution in [3.63, 3.8) is 0 Å². The summed E-state index contributed by atoms with van der Waals surface area (Å²) in [5, 5.41) is 9.98. The van der Waals surface area contributed by atoms with Crippen molar-refractivity contribution in [1.82, 2.24) is 0 Å². The van der Waals surface area contributed by atoms with Crippen molar-refractivity contribution >= 4 is 11.6 Å². The first-order chi connectivity index (χ1) is 7.19. The Morgan fingerprint density at radius 1 is 1.25 bits per heavy atom. The molecule has 0 spiro atoms. The molecule has 0 saturated heterocycles. The van der Waals surface area contributed by atoms with Gasteiger partial charge in [0.2, 0.25) is 5.60 Å². The van der Waals surface area contributed by atoms with Crippen molar-refractivity contribution in [2.75, 3.05) is 0 Å². The molecule has 0 aromatic heterocycles. The topological polar surface area (TPSA) is 46.2 Å². The lowest BCUT2D eigenvalue weighted by Crippen LogP contribution is -2.54. The van der Waals surface area contributed by atoms with Gasteiger partial charge in [-0.05, 0) is 24.6 Å². The van der Waals surface area contributed by atoms with E-state index in [-0.39, 0.29) is 10.6 Å². The summed E-state index contributed by atoms with van der Waals surface area (Å²) in [4.78, 5) is 0. The molecule has 90 valence electrons. The van der Waals surface area contributed by atoms with Crippen LogP contribution in [0.25, 0.3) is 0 Å². The van der Waals surface area contributed by atoms with E-state index in [2.05, 4.69) is 0 Å². The quantitative estimate of drug-likeness (QED) is 0.850. The highest BCUT2D eigenvalue weighted by Crippen LogP contribution is 2.41. The third-order valence-corrected chi connectivity index (χ3v) is 2.63. The highest BCUT2D eigenvalue weighted by atomic mass is 35.5. The van der Waals surface area contributed by atoms with Crippen LogP contribution in [0.3, 0.4) is 0 Å². The maximum Gasteiger partial charge on any atom is 0.422 e. The van der Waals surface area contributed by atoms with Crippen LogP contribution in [-0.4, -0.2) is 17.3 Å². The van der Waals surface area contributed by atoms with Crippen LogP contribution in [0.5, 0.6) is 0 Å². The number of alkyl halides is 3. The summed E-state index contributed by atoms with van der Waals surface area (Å²) in [6, 6.07) is 3.29. The lowest BCUT2D eigenvalue weighted by Gasteiger charge is -2.34. The molecule has 2 unspecified atom stereocenters. The number of benzene rings is 1. The minimum Gasteiger partial charge on any atom is -0.375 e. The summed E-state index contributed by atoms with van der Waals surface area (Å²) in [5.41, 5.74) is 1.85. The van der Waals surface area contributed by atoms with Gasteiger partial charge in [0.1, 0.15) is 0 Å². The fraction of sp³-hybridized carbons (Fsp3) is 0.400. The number of hydrogen-bond donors (Lipinski definition) is 2. The van der Waals surface area contributed by atoms with E-state index in [1.807, 2.05) is 0 Å². The molecule has 0 fully saturated rings. The zero-order valence-corrected chi connectivity index (χ0v) is 9.18. The first kappa shape index (κ1) is 13.3. The van der Waals surface area contributed by atoms with Gasteiger partial charge in [0, 0.05) is 11.1 Å². The van der Waals surface area contributed by atoms with Crippen LogP contribution < -0.4 is 5.73 Å². The third-order valence-electron chi connectivity index (χ3n) is 2.38. The van der Waals surface area contributed by atoms with Crippen molar-refractivity contribution < 1.29 is 18.3 Å². The molecular formula is C10H11ClF3NO. The van der Waals surface area contributed by atoms with Gasteiger partial charge in [0.15, 0.2) is 0 Å². The summed E-state index contributed by atoms with van der Waals surface area (Å²) in [5.74, 6) is 0. The molecule has 1 aromatic rings. The van der Waals surface area contributed by atoms with Crippen LogP contribution in [-0.2, 0) is 5.60 Å². The van der Waals surface area contributed by atoms with Gasteiger partial charge in [0.05, 0.1) is 0 Å². The van der Waals surface area contributed by atoms with Gasteiger partial charge >= 0.3 is 6.18 Å². The number of aliphatic hydroxyl groups is 1. The lowest BCUT2D eigenvalue weighted by atomic mass is 9.87.